The Labute approximate surface area is 122 Å². The van der Waals surface area contributed by atoms with E-state index in [9.17, 15) is 13.2 Å². The second-order valence-electron chi connectivity index (χ2n) is 3.72. The molecule has 0 fully saturated rings. The summed E-state index contributed by atoms with van der Waals surface area (Å²) in [5.74, 6) is -1.88. The van der Waals surface area contributed by atoms with E-state index in [4.69, 9.17) is 16.7 Å². The van der Waals surface area contributed by atoms with Crippen LogP contribution in [0.25, 0.3) is 0 Å². The number of rotatable bonds is 5. The second-order valence-corrected chi connectivity index (χ2v) is 8.44. The molecule has 1 heterocycles. The molecule has 0 saturated carbocycles. The van der Waals surface area contributed by atoms with E-state index in [0.29, 0.717) is 8.81 Å². The van der Waals surface area contributed by atoms with Crippen LogP contribution >= 0.6 is 38.9 Å². The summed E-state index contributed by atoms with van der Waals surface area (Å²) < 4.78 is 26.8. The zero-order valence-electron chi connectivity index (χ0n) is 9.48. The summed E-state index contributed by atoms with van der Waals surface area (Å²) in [4.78, 5) is 10.8. The van der Waals surface area contributed by atoms with E-state index < -0.39 is 28.0 Å². The van der Waals surface area contributed by atoms with E-state index in [2.05, 4.69) is 20.7 Å². The van der Waals surface area contributed by atoms with Crippen molar-refractivity contribution >= 4 is 54.9 Å². The molecule has 0 spiro atoms. The van der Waals surface area contributed by atoms with E-state index in [1.165, 1.54) is 19.9 Å². The van der Waals surface area contributed by atoms with Gasteiger partial charge in [-0.15, -0.1) is 11.3 Å². The average molecular weight is 377 g/mol. The van der Waals surface area contributed by atoms with Gasteiger partial charge in [-0.1, -0.05) is 18.5 Å². The highest BCUT2D eigenvalue weighted by Crippen LogP contribution is 2.34. The number of halogens is 2. The van der Waals surface area contributed by atoms with Crippen LogP contribution < -0.4 is 4.72 Å². The monoisotopic (exact) mass is 375 g/mol. The normalized spacial score (nSPS) is 15.3. The van der Waals surface area contributed by atoms with Gasteiger partial charge in [0.1, 0.15) is 4.21 Å². The summed E-state index contributed by atoms with van der Waals surface area (Å²) in [5, 5.41) is 9.11. The lowest BCUT2D eigenvalue weighted by molar-refractivity contribution is -0.141. The summed E-state index contributed by atoms with van der Waals surface area (Å²) in [6.45, 7) is 2.94. The first kappa shape index (κ1) is 15.9. The van der Waals surface area contributed by atoms with Gasteiger partial charge in [0.25, 0.3) is 0 Å². The molecule has 102 valence electrons. The van der Waals surface area contributed by atoms with Crippen LogP contribution in [0.2, 0.25) is 5.02 Å². The van der Waals surface area contributed by atoms with Gasteiger partial charge in [0.15, 0.2) is 0 Å². The molecule has 1 aromatic rings. The Kier molecular flexibility index (Phi) is 5.19. The molecule has 0 aromatic carbocycles. The van der Waals surface area contributed by atoms with Crippen molar-refractivity contribution in [3.8, 4) is 0 Å². The maximum Gasteiger partial charge on any atom is 0.307 e. The van der Waals surface area contributed by atoms with E-state index in [-0.39, 0.29) is 4.21 Å². The van der Waals surface area contributed by atoms with Gasteiger partial charge in [0, 0.05) is 6.04 Å². The third kappa shape index (κ3) is 3.67. The van der Waals surface area contributed by atoms with Gasteiger partial charge in [-0.05, 0) is 28.9 Å². The van der Waals surface area contributed by atoms with Crippen molar-refractivity contribution in [2.24, 2.45) is 5.92 Å². The van der Waals surface area contributed by atoms with E-state index in [1.807, 2.05) is 0 Å². The fourth-order valence-electron chi connectivity index (χ4n) is 1.08. The number of hydrogen-bond acceptors (Lipinski definition) is 4. The van der Waals surface area contributed by atoms with Crippen LogP contribution in [0.15, 0.2) is 14.1 Å². The predicted molar refractivity (Wildman–Crippen MR) is 73.6 cm³/mol. The van der Waals surface area contributed by atoms with Gasteiger partial charge in [-0.2, -0.15) is 0 Å². The first-order valence-electron chi connectivity index (χ1n) is 4.85. The molecule has 0 bridgehead atoms. The number of thiophene rings is 1. The van der Waals surface area contributed by atoms with E-state index in [1.54, 1.807) is 0 Å². The molecule has 0 aliphatic carbocycles. The summed E-state index contributed by atoms with van der Waals surface area (Å²) in [5.41, 5.74) is 0. The number of hydrogen-bond donors (Lipinski definition) is 2. The van der Waals surface area contributed by atoms with Crippen molar-refractivity contribution in [2.45, 2.75) is 24.1 Å². The zero-order chi connectivity index (χ0) is 14.1. The Morgan fingerprint density at radius 1 is 1.56 bits per heavy atom. The molecular weight excluding hydrogens is 366 g/mol. The molecule has 18 heavy (non-hydrogen) atoms. The first-order chi connectivity index (χ1) is 8.15. The molecule has 2 unspecified atom stereocenters. The minimum absolute atomic E-state index is 0.0452. The van der Waals surface area contributed by atoms with Crippen LogP contribution in [0.4, 0.5) is 0 Å². The maximum atomic E-state index is 12.0. The van der Waals surface area contributed by atoms with Crippen molar-refractivity contribution in [3.05, 3.63) is 14.9 Å². The lowest BCUT2D eigenvalue weighted by atomic mass is 10.1. The number of nitrogens with one attached hydrogen (secondary N) is 1. The molecule has 0 amide bonds. The second kappa shape index (κ2) is 5.87. The quantitative estimate of drug-likeness (QED) is 0.827. The molecular formula is C9H11BrClNO4S2. The number of carboxylic acid groups (broad SMARTS) is 1. The number of carbonyl (C=O) groups is 1. The van der Waals surface area contributed by atoms with E-state index >= 15 is 0 Å². The van der Waals surface area contributed by atoms with Gasteiger partial charge in [-0.25, -0.2) is 13.1 Å². The minimum Gasteiger partial charge on any atom is -0.481 e. The molecule has 9 heteroatoms. The first-order valence-corrected chi connectivity index (χ1v) is 8.32. The van der Waals surface area contributed by atoms with Crippen LogP contribution in [-0.4, -0.2) is 25.5 Å². The topological polar surface area (TPSA) is 83.5 Å². The van der Waals surface area contributed by atoms with Crippen LogP contribution in [-0.2, 0) is 14.8 Å². The average Bonchev–Trinajstić information content (AvgIpc) is 2.58. The number of carboxylic acids is 1. The van der Waals surface area contributed by atoms with Gasteiger partial charge in [0.05, 0.1) is 14.7 Å². The molecule has 0 aliphatic rings. The third-order valence-corrected chi connectivity index (χ3v) is 6.88. The fourth-order valence-corrected chi connectivity index (χ4v) is 4.82. The highest BCUT2D eigenvalue weighted by molar-refractivity contribution is 9.11. The largest absolute Gasteiger partial charge is 0.481 e. The summed E-state index contributed by atoms with van der Waals surface area (Å²) in [6, 6.07) is 0.601. The predicted octanol–water partition coefficient (Wildman–Crippen LogP) is 2.55. The van der Waals surface area contributed by atoms with Crippen molar-refractivity contribution in [2.75, 3.05) is 0 Å². The van der Waals surface area contributed by atoms with Crippen LogP contribution in [0, 0.1) is 5.92 Å². The molecule has 1 rings (SSSR count). The fraction of sp³-hybridized carbons (Fsp3) is 0.444. The molecule has 5 nitrogen and oxygen atoms in total. The summed E-state index contributed by atoms with van der Waals surface area (Å²) in [6.07, 6.45) is 0. The van der Waals surface area contributed by atoms with Gasteiger partial charge in [0.2, 0.25) is 10.0 Å². The summed E-state index contributed by atoms with van der Waals surface area (Å²) >= 11 is 9.86. The van der Waals surface area contributed by atoms with E-state index in [0.717, 1.165) is 11.3 Å². The highest BCUT2D eigenvalue weighted by Gasteiger charge is 2.26. The van der Waals surface area contributed by atoms with Crippen LogP contribution in [0.5, 0.6) is 0 Å². The Morgan fingerprint density at radius 3 is 2.50 bits per heavy atom. The summed E-state index contributed by atoms with van der Waals surface area (Å²) in [7, 11) is -3.75. The third-order valence-electron chi connectivity index (χ3n) is 2.37. The smallest absolute Gasteiger partial charge is 0.307 e. The van der Waals surface area contributed by atoms with Crippen molar-refractivity contribution in [3.63, 3.8) is 0 Å². The Hall–Kier alpha value is -0.150. The lowest BCUT2D eigenvalue weighted by Crippen LogP contribution is -2.39. The molecule has 0 radical (unpaired) electrons. The van der Waals surface area contributed by atoms with Gasteiger partial charge >= 0.3 is 5.97 Å². The molecule has 0 saturated heterocycles. The van der Waals surface area contributed by atoms with Crippen molar-refractivity contribution < 1.29 is 18.3 Å². The molecule has 0 aliphatic heterocycles. The lowest BCUT2D eigenvalue weighted by Gasteiger charge is -2.16. The standard InChI is InChI=1S/C9H11BrClNO4S2/c1-4(9(13)14)5(2)12-18(15,16)7-3-6(11)8(10)17-7/h3-5,12H,1-2H3,(H,13,14). The molecule has 2 atom stereocenters. The van der Waals surface area contributed by atoms with Gasteiger partial charge in [-0.3, -0.25) is 4.79 Å². The number of sulfonamides is 1. The number of aliphatic carboxylic acids is 1. The minimum atomic E-state index is -3.75. The molecule has 2 N–H and O–H groups in total. The Bertz CT molecular complexity index is 537. The molecule has 1 aromatic heterocycles. The SMILES string of the molecule is CC(NS(=O)(=O)c1cc(Cl)c(Br)s1)C(C)C(=O)O. The van der Waals surface area contributed by atoms with Gasteiger partial charge < -0.3 is 5.11 Å². The van der Waals surface area contributed by atoms with Crippen LogP contribution in [0.3, 0.4) is 0 Å². The van der Waals surface area contributed by atoms with Crippen molar-refractivity contribution in [1.29, 1.82) is 0 Å². The zero-order valence-corrected chi connectivity index (χ0v) is 13.5. The van der Waals surface area contributed by atoms with Crippen molar-refractivity contribution in [1.82, 2.24) is 4.72 Å². The Morgan fingerprint density at radius 2 is 2.11 bits per heavy atom. The maximum absolute atomic E-state index is 12.0. The highest BCUT2D eigenvalue weighted by atomic mass is 79.9. The van der Waals surface area contributed by atoms with Crippen LogP contribution in [0.1, 0.15) is 13.8 Å². The Balaban J connectivity index is 2.92.